The summed E-state index contributed by atoms with van der Waals surface area (Å²) in [6.45, 7) is 4.78. The van der Waals surface area contributed by atoms with Crippen molar-refractivity contribution in [2.45, 2.75) is 13.0 Å². The quantitative estimate of drug-likeness (QED) is 0.599. The van der Waals surface area contributed by atoms with E-state index in [1.165, 1.54) is 5.69 Å². The minimum absolute atomic E-state index is 0.00935. The Labute approximate surface area is 197 Å². The number of nitrogens with zero attached hydrogens (tertiary/aromatic N) is 4. The second-order valence-corrected chi connectivity index (χ2v) is 8.77. The monoisotopic (exact) mass is 467 g/mol. The Morgan fingerprint density at radius 3 is 2.50 bits per heavy atom. The molecule has 164 valence electrons. The predicted octanol–water partition coefficient (Wildman–Crippen LogP) is 4.83. The van der Waals surface area contributed by atoms with Gasteiger partial charge in [0, 0.05) is 49.2 Å². The molecule has 0 aliphatic carbocycles. The van der Waals surface area contributed by atoms with Crippen LogP contribution in [0.5, 0.6) is 0 Å². The summed E-state index contributed by atoms with van der Waals surface area (Å²) >= 11 is 12.9. The average Bonchev–Trinajstić information content (AvgIpc) is 3.28. The van der Waals surface area contributed by atoms with E-state index in [-0.39, 0.29) is 5.91 Å². The lowest BCUT2D eigenvalue weighted by molar-refractivity contribution is -0.127. The van der Waals surface area contributed by atoms with Crippen LogP contribution in [-0.4, -0.2) is 46.8 Å². The maximum atomic E-state index is 13.8. The lowest BCUT2D eigenvalue weighted by atomic mass is 9.94. The first-order valence-electron chi connectivity index (χ1n) is 10.6. The smallest absolute Gasteiger partial charge is 0.254 e. The highest BCUT2D eigenvalue weighted by atomic mass is 35.5. The van der Waals surface area contributed by atoms with Crippen LogP contribution in [0.15, 0.2) is 72.1 Å². The number of nitrogens with one attached hydrogen (secondary N) is 1. The Bertz CT molecular complexity index is 1180. The number of anilines is 2. The molecule has 0 saturated carbocycles. The molecule has 2 aliphatic heterocycles. The van der Waals surface area contributed by atoms with Crippen LogP contribution in [0.1, 0.15) is 18.5 Å². The van der Waals surface area contributed by atoms with Gasteiger partial charge in [-0.1, -0.05) is 53.5 Å². The average molecular weight is 468 g/mol. The molecule has 1 aromatic heterocycles. The summed E-state index contributed by atoms with van der Waals surface area (Å²) in [5.74, 6) is 0.805. The van der Waals surface area contributed by atoms with Crippen molar-refractivity contribution in [1.82, 2.24) is 14.7 Å². The van der Waals surface area contributed by atoms with Crippen LogP contribution < -0.4 is 10.2 Å². The molecule has 2 aromatic carbocycles. The van der Waals surface area contributed by atoms with Gasteiger partial charge in [0.15, 0.2) is 0 Å². The Morgan fingerprint density at radius 1 is 1.00 bits per heavy atom. The zero-order valence-corrected chi connectivity index (χ0v) is 19.1. The molecule has 1 N–H and O–H groups in total. The molecule has 2 aliphatic rings. The summed E-state index contributed by atoms with van der Waals surface area (Å²) in [6, 6.07) is 17.2. The number of hydrogen-bond acceptors (Lipinski definition) is 4. The third-order valence-corrected chi connectivity index (χ3v) is 6.94. The van der Waals surface area contributed by atoms with Gasteiger partial charge in [-0.2, -0.15) is 5.10 Å². The summed E-state index contributed by atoms with van der Waals surface area (Å²) in [5, 5.41) is 8.71. The van der Waals surface area contributed by atoms with E-state index in [0.29, 0.717) is 28.7 Å². The van der Waals surface area contributed by atoms with Crippen LogP contribution in [0, 0.1) is 0 Å². The molecule has 8 heteroatoms. The molecule has 3 heterocycles. The van der Waals surface area contributed by atoms with Crippen LogP contribution in [0.2, 0.25) is 10.0 Å². The Hall–Kier alpha value is -2.96. The number of para-hydroxylation sites is 1. The number of carbonyl (C=O) groups excluding carboxylic acids is 1. The third-order valence-electron chi connectivity index (χ3n) is 6.10. The van der Waals surface area contributed by atoms with Crippen molar-refractivity contribution < 1.29 is 4.79 Å². The normalized spacial score (nSPS) is 18.4. The van der Waals surface area contributed by atoms with Crippen LogP contribution in [0.4, 0.5) is 11.5 Å². The third kappa shape index (κ3) is 3.63. The lowest BCUT2D eigenvalue weighted by Crippen LogP contribution is -2.50. The molecule has 5 rings (SSSR count). The van der Waals surface area contributed by atoms with E-state index in [1.807, 2.05) is 48.2 Å². The molecule has 0 spiro atoms. The molecular formula is C24H23Cl2N5O. The standard InChI is InChI=1S/C24H23Cl2N5O/c1-16-21(24(32)30-14-12-29(13-15-30)17-6-3-2-4-7-17)23(31-20(28-16)10-11-27-31)18-8-5-9-19(25)22(18)26/h2-11,23,28H,12-15H2,1H3/t23-/m0/s1. The molecule has 0 unspecified atom stereocenters. The van der Waals surface area contributed by atoms with Crippen molar-refractivity contribution >= 4 is 40.6 Å². The number of amides is 1. The largest absolute Gasteiger partial charge is 0.368 e. The maximum absolute atomic E-state index is 13.8. The van der Waals surface area contributed by atoms with Crippen LogP contribution >= 0.6 is 23.2 Å². The summed E-state index contributed by atoms with van der Waals surface area (Å²) in [4.78, 5) is 18.0. The van der Waals surface area contributed by atoms with Crippen molar-refractivity contribution in [2.24, 2.45) is 0 Å². The fraction of sp³-hybridized carbons (Fsp3) is 0.250. The van der Waals surface area contributed by atoms with Crippen molar-refractivity contribution in [3.05, 3.63) is 87.7 Å². The molecule has 32 heavy (non-hydrogen) atoms. The summed E-state index contributed by atoms with van der Waals surface area (Å²) in [6.07, 6.45) is 1.72. The van der Waals surface area contributed by atoms with E-state index in [4.69, 9.17) is 23.2 Å². The van der Waals surface area contributed by atoms with Crippen LogP contribution in [0.3, 0.4) is 0 Å². The molecule has 1 amide bonds. The fourth-order valence-electron chi connectivity index (χ4n) is 4.48. The first-order chi connectivity index (χ1) is 15.5. The van der Waals surface area contributed by atoms with Crippen molar-refractivity contribution in [3.63, 3.8) is 0 Å². The number of piperazine rings is 1. The van der Waals surface area contributed by atoms with Gasteiger partial charge < -0.3 is 15.1 Å². The van der Waals surface area contributed by atoms with Crippen LogP contribution in [0.25, 0.3) is 0 Å². The number of halogens is 2. The molecule has 3 aromatic rings. The molecule has 1 saturated heterocycles. The number of carbonyl (C=O) groups is 1. The number of allylic oxidation sites excluding steroid dienone is 1. The molecule has 0 radical (unpaired) electrons. The minimum Gasteiger partial charge on any atom is -0.368 e. The van der Waals surface area contributed by atoms with E-state index in [1.54, 1.807) is 16.9 Å². The zero-order valence-electron chi connectivity index (χ0n) is 17.6. The highest BCUT2D eigenvalue weighted by Gasteiger charge is 2.37. The number of benzene rings is 2. The zero-order chi connectivity index (χ0) is 22.2. The van der Waals surface area contributed by atoms with Gasteiger partial charge >= 0.3 is 0 Å². The SMILES string of the molecule is CC1=C(C(=O)N2CCN(c3ccccc3)CC2)[C@H](c2cccc(Cl)c2Cl)n2nccc2N1. The van der Waals surface area contributed by atoms with Crippen molar-refractivity contribution in [3.8, 4) is 0 Å². The first-order valence-corrected chi connectivity index (χ1v) is 11.3. The summed E-state index contributed by atoms with van der Waals surface area (Å²) < 4.78 is 1.80. The van der Waals surface area contributed by atoms with Gasteiger partial charge in [0.05, 0.1) is 21.8 Å². The molecular weight excluding hydrogens is 445 g/mol. The summed E-state index contributed by atoms with van der Waals surface area (Å²) in [5.41, 5.74) is 3.38. The highest BCUT2D eigenvalue weighted by molar-refractivity contribution is 6.42. The van der Waals surface area contributed by atoms with Gasteiger partial charge in [0.25, 0.3) is 5.91 Å². The van der Waals surface area contributed by atoms with E-state index < -0.39 is 6.04 Å². The van der Waals surface area contributed by atoms with Gasteiger partial charge in [-0.25, -0.2) is 4.68 Å². The van der Waals surface area contributed by atoms with Crippen LogP contribution in [-0.2, 0) is 4.79 Å². The second-order valence-electron chi connectivity index (χ2n) is 7.99. The van der Waals surface area contributed by atoms with Crippen molar-refractivity contribution in [2.75, 3.05) is 36.4 Å². The predicted molar refractivity (Wildman–Crippen MR) is 128 cm³/mol. The van der Waals surface area contributed by atoms with Gasteiger partial charge in [-0.3, -0.25) is 4.79 Å². The molecule has 0 bridgehead atoms. The minimum atomic E-state index is -0.452. The van der Waals surface area contributed by atoms with Gasteiger partial charge in [0.1, 0.15) is 11.9 Å². The topological polar surface area (TPSA) is 53.4 Å². The van der Waals surface area contributed by atoms with E-state index in [2.05, 4.69) is 27.4 Å². The lowest BCUT2D eigenvalue weighted by Gasteiger charge is -2.38. The Kier molecular flexibility index (Phi) is 5.57. The van der Waals surface area contributed by atoms with E-state index in [0.717, 1.165) is 30.2 Å². The van der Waals surface area contributed by atoms with Gasteiger partial charge in [-0.05, 0) is 25.1 Å². The molecule has 6 nitrogen and oxygen atoms in total. The maximum Gasteiger partial charge on any atom is 0.254 e. The van der Waals surface area contributed by atoms with Gasteiger partial charge in [0.2, 0.25) is 0 Å². The number of aromatic nitrogens is 2. The highest BCUT2D eigenvalue weighted by Crippen LogP contribution is 2.41. The fourth-order valence-corrected chi connectivity index (χ4v) is 4.89. The number of hydrogen-bond donors (Lipinski definition) is 1. The van der Waals surface area contributed by atoms with E-state index in [9.17, 15) is 4.79 Å². The molecule has 1 atom stereocenters. The summed E-state index contributed by atoms with van der Waals surface area (Å²) in [7, 11) is 0. The van der Waals surface area contributed by atoms with Crippen molar-refractivity contribution in [1.29, 1.82) is 0 Å². The van der Waals surface area contributed by atoms with Gasteiger partial charge in [-0.15, -0.1) is 0 Å². The first kappa shape index (κ1) is 20.9. The van der Waals surface area contributed by atoms with E-state index >= 15 is 0 Å². The second kappa shape index (κ2) is 8.52. The Balaban J connectivity index is 1.46. The number of fused-ring (bicyclic) bond motifs is 1. The molecule has 1 fully saturated rings. The number of rotatable bonds is 3. The Morgan fingerprint density at radius 2 is 1.75 bits per heavy atom.